The highest BCUT2D eigenvalue weighted by Crippen LogP contribution is 2.21. The van der Waals surface area contributed by atoms with Gasteiger partial charge in [0.1, 0.15) is 0 Å². The number of carbonyl (C=O) groups excluding carboxylic acids is 1. The van der Waals surface area contributed by atoms with Crippen LogP contribution in [0.15, 0.2) is 54.6 Å². The van der Waals surface area contributed by atoms with E-state index in [0.29, 0.717) is 12.3 Å². The monoisotopic (exact) mass is 370 g/mol. The molecule has 1 N–H and O–H groups in total. The maximum atomic E-state index is 12.0. The maximum Gasteiger partial charge on any atom is 0.220 e. The molecule has 3 rings (SSSR count). The number of aryl methyl sites for hydroxylation is 1. The number of rotatable bonds is 8. The minimum atomic E-state index is 0.129. The predicted molar refractivity (Wildman–Crippen MR) is 107 cm³/mol. The van der Waals surface area contributed by atoms with Crippen LogP contribution in [0.4, 0.5) is 0 Å². The van der Waals surface area contributed by atoms with Crippen molar-refractivity contribution < 1.29 is 4.79 Å². The zero-order valence-corrected chi connectivity index (χ0v) is 15.9. The Morgan fingerprint density at radius 2 is 1.92 bits per heavy atom. The van der Waals surface area contributed by atoms with Gasteiger partial charge in [-0.3, -0.25) is 9.69 Å². The number of nitrogens with zero attached hydrogens (tertiary/aromatic N) is 1. The van der Waals surface area contributed by atoms with Crippen LogP contribution in [0.2, 0.25) is 5.02 Å². The lowest BCUT2D eigenvalue weighted by Crippen LogP contribution is -2.27. The van der Waals surface area contributed by atoms with E-state index in [1.165, 1.54) is 12.0 Å². The highest BCUT2D eigenvalue weighted by atomic mass is 35.5. The van der Waals surface area contributed by atoms with Crippen molar-refractivity contribution in [3.05, 3.63) is 70.7 Å². The van der Waals surface area contributed by atoms with Crippen LogP contribution in [0.1, 0.15) is 30.4 Å². The average molecular weight is 371 g/mol. The zero-order chi connectivity index (χ0) is 18.2. The smallest absolute Gasteiger partial charge is 0.220 e. The van der Waals surface area contributed by atoms with E-state index in [-0.39, 0.29) is 5.91 Å². The molecule has 0 aromatic heterocycles. The Bertz CT molecular complexity index is 704. The minimum Gasteiger partial charge on any atom is -0.356 e. The molecule has 0 spiro atoms. The second kappa shape index (κ2) is 9.75. The first-order chi connectivity index (χ1) is 12.7. The van der Waals surface area contributed by atoms with Crippen molar-refractivity contribution in [3.8, 4) is 0 Å². The van der Waals surface area contributed by atoms with E-state index in [9.17, 15) is 4.79 Å². The van der Waals surface area contributed by atoms with Crippen LogP contribution in [0, 0.1) is 5.92 Å². The summed E-state index contributed by atoms with van der Waals surface area (Å²) < 4.78 is 0. The second-order valence-corrected chi connectivity index (χ2v) is 7.58. The molecule has 26 heavy (non-hydrogen) atoms. The van der Waals surface area contributed by atoms with Crippen molar-refractivity contribution in [2.45, 2.75) is 32.2 Å². The van der Waals surface area contributed by atoms with Crippen LogP contribution < -0.4 is 5.32 Å². The van der Waals surface area contributed by atoms with Gasteiger partial charge in [-0.25, -0.2) is 0 Å². The SMILES string of the molecule is O=C(CCc1cccc(Cl)c1)NCC[C@@H]1CCN(Cc2ccccc2)C1. The van der Waals surface area contributed by atoms with Gasteiger partial charge in [0.05, 0.1) is 0 Å². The molecular weight excluding hydrogens is 344 g/mol. The molecule has 0 radical (unpaired) electrons. The van der Waals surface area contributed by atoms with E-state index in [2.05, 4.69) is 40.5 Å². The van der Waals surface area contributed by atoms with Crippen molar-refractivity contribution >= 4 is 17.5 Å². The molecule has 0 saturated carbocycles. The van der Waals surface area contributed by atoms with Gasteiger partial charge in [0.15, 0.2) is 0 Å². The van der Waals surface area contributed by atoms with Crippen molar-refractivity contribution in [1.29, 1.82) is 0 Å². The predicted octanol–water partition coefficient (Wildman–Crippen LogP) is 4.30. The van der Waals surface area contributed by atoms with Gasteiger partial charge in [-0.05, 0) is 55.0 Å². The van der Waals surface area contributed by atoms with Crippen LogP contribution in [0.5, 0.6) is 0 Å². The first kappa shape index (κ1) is 18.9. The number of halogens is 1. The number of carbonyl (C=O) groups is 1. The fourth-order valence-corrected chi connectivity index (χ4v) is 3.80. The number of hydrogen-bond acceptors (Lipinski definition) is 2. The van der Waals surface area contributed by atoms with Crippen LogP contribution in [0.3, 0.4) is 0 Å². The molecule has 1 fully saturated rings. The zero-order valence-electron chi connectivity index (χ0n) is 15.2. The van der Waals surface area contributed by atoms with E-state index in [4.69, 9.17) is 11.6 Å². The molecule has 1 aliphatic rings. The highest BCUT2D eigenvalue weighted by Gasteiger charge is 2.22. The largest absolute Gasteiger partial charge is 0.356 e. The molecule has 1 saturated heterocycles. The summed E-state index contributed by atoms with van der Waals surface area (Å²) in [6, 6.07) is 18.4. The van der Waals surface area contributed by atoms with Gasteiger partial charge < -0.3 is 5.32 Å². The highest BCUT2D eigenvalue weighted by molar-refractivity contribution is 6.30. The number of likely N-dealkylation sites (tertiary alicyclic amines) is 1. The molecule has 1 heterocycles. The van der Waals surface area contributed by atoms with Crippen molar-refractivity contribution in [2.24, 2.45) is 5.92 Å². The standard InChI is InChI=1S/C22H27ClN2O/c23-21-8-4-7-18(15-21)9-10-22(26)24-13-11-20-12-14-25(17-20)16-19-5-2-1-3-6-19/h1-8,15,20H,9-14,16-17H2,(H,24,26)/t20-/m1/s1. The van der Waals surface area contributed by atoms with E-state index in [1.807, 2.05) is 24.3 Å². The molecule has 1 amide bonds. The van der Waals surface area contributed by atoms with Crippen molar-refractivity contribution in [1.82, 2.24) is 10.2 Å². The summed E-state index contributed by atoms with van der Waals surface area (Å²) in [5.41, 5.74) is 2.49. The number of amides is 1. The quantitative estimate of drug-likeness (QED) is 0.751. The maximum absolute atomic E-state index is 12.0. The Morgan fingerprint density at radius 1 is 1.12 bits per heavy atom. The molecule has 4 heteroatoms. The number of nitrogens with one attached hydrogen (secondary N) is 1. The lowest BCUT2D eigenvalue weighted by molar-refractivity contribution is -0.121. The van der Waals surface area contributed by atoms with Gasteiger partial charge in [-0.15, -0.1) is 0 Å². The Labute approximate surface area is 161 Å². The summed E-state index contributed by atoms with van der Waals surface area (Å²) in [6.07, 6.45) is 3.55. The van der Waals surface area contributed by atoms with Gasteiger partial charge in [-0.2, -0.15) is 0 Å². The van der Waals surface area contributed by atoms with Crippen LogP contribution in [-0.4, -0.2) is 30.4 Å². The fourth-order valence-electron chi connectivity index (χ4n) is 3.59. The van der Waals surface area contributed by atoms with E-state index in [1.54, 1.807) is 0 Å². The molecule has 0 aliphatic carbocycles. The topological polar surface area (TPSA) is 32.3 Å². The molecule has 0 bridgehead atoms. The third-order valence-corrected chi connectivity index (χ3v) is 5.26. The average Bonchev–Trinajstić information content (AvgIpc) is 3.08. The molecule has 138 valence electrons. The molecule has 3 nitrogen and oxygen atoms in total. The van der Waals surface area contributed by atoms with Gasteiger partial charge >= 0.3 is 0 Å². The third kappa shape index (κ3) is 6.15. The molecular formula is C22H27ClN2O. The van der Waals surface area contributed by atoms with Crippen LogP contribution in [0.25, 0.3) is 0 Å². The fraction of sp³-hybridized carbons (Fsp3) is 0.409. The summed E-state index contributed by atoms with van der Waals surface area (Å²) in [5.74, 6) is 0.816. The first-order valence-corrected chi connectivity index (χ1v) is 9.84. The van der Waals surface area contributed by atoms with Gasteiger partial charge in [0, 0.05) is 31.1 Å². The second-order valence-electron chi connectivity index (χ2n) is 7.14. The first-order valence-electron chi connectivity index (χ1n) is 9.46. The summed E-state index contributed by atoms with van der Waals surface area (Å²) >= 11 is 5.97. The molecule has 2 aromatic carbocycles. The van der Waals surface area contributed by atoms with E-state index in [0.717, 1.165) is 49.6 Å². The molecule has 1 aliphatic heterocycles. The lowest BCUT2D eigenvalue weighted by Gasteiger charge is -2.16. The van der Waals surface area contributed by atoms with Gasteiger partial charge in [-0.1, -0.05) is 54.1 Å². The van der Waals surface area contributed by atoms with Gasteiger partial charge in [0.2, 0.25) is 5.91 Å². The van der Waals surface area contributed by atoms with E-state index >= 15 is 0 Å². The lowest BCUT2D eigenvalue weighted by atomic mass is 10.1. The Hall–Kier alpha value is -1.84. The third-order valence-electron chi connectivity index (χ3n) is 5.02. The Morgan fingerprint density at radius 3 is 2.73 bits per heavy atom. The summed E-state index contributed by atoms with van der Waals surface area (Å²) in [7, 11) is 0. The summed E-state index contributed by atoms with van der Waals surface area (Å²) in [4.78, 5) is 14.5. The van der Waals surface area contributed by atoms with E-state index < -0.39 is 0 Å². The van der Waals surface area contributed by atoms with Crippen molar-refractivity contribution in [3.63, 3.8) is 0 Å². The molecule has 0 unspecified atom stereocenters. The van der Waals surface area contributed by atoms with Gasteiger partial charge in [0.25, 0.3) is 0 Å². The summed E-state index contributed by atoms with van der Waals surface area (Å²) in [6.45, 7) is 4.09. The van der Waals surface area contributed by atoms with Crippen molar-refractivity contribution in [2.75, 3.05) is 19.6 Å². The molecule has 2 aromatic rings. The number of hydrogen-bond donors (Lipinski definition) is 1. The molecule has 1 atom stereocenters. The summed E-state index contributed by atoms with van der Waals surface area (Å²) in [5, 5.41) is 3.79. The van der Waals surface area contributed by atoms with Crippen LogP contribution in [-0.2, 0) is 17.8 Å². The Balaban J connectivity index is 1.30. The van der Waals surface area contributed by atoms with Crippen LogP contribution >= 0.6 is 11.6 Å². The normalized spacial score (nSPS) is 17.3. The Kier molecular flexibility index (Phi) is 7.10. The number of benzene rings is 2. The minimum absolute atomic E-state index is 0.129.